The number of carbonyl (C=O) groups excluding carboxylic acids is 1. The van der Waals surface area contributed by atoms with Crippen LogP contribution in [0.3, 0.4) is 0 Å². The maximum absolute atomic E-state index is 12.7. The number of aromatic hydroxyl groups is 1. The molecule has 0 radical (unpaired) electrons. The summed E-state index contributed by atoms with van der Waals surface area (Å²) < 4.78 is 3.25. The monoisotopic (exact) mass is 613 g/mol. The number of benzene rings is 4. The molecule has 1 aromatic heterocycles. The maximum atomic E-state index is 12.7. The summed E-state index contributed by atoms with van der Waals surface area (Å²) in [6.45, 7) is 0. The zero-order chi connectivity index (χ0) is 25.8. The van der Waals surface area contributed by atoms with Crippen molar-refractivity contribution in [1.82, 2.24) is 9.99 Å². The fourth-order valence-electron chi connectivity index (χ4n) is 4.03. The number of phenolic OH excluding ortho intramolecular Hbond substituents is 1. The number of hydrogen-bond acceptors (Lipinski definition) is 3. The lowest BCUT2D eigenvalue weighted by atomic mass is 10.1. The summed E-state index contributed by atoms with van der Waals surface area (Å²) in [6.07, 6.45) is 1.51. The van der Waals surface area contributed by atoms with Crippen LogP contribution in [0.25, 0.3) is 28.2 Å². The molecule has 0 unspecified atom stereocenters. The summed E-state index contributed by atoms with van der Waals surface area (Å²) in [4.78, 5) is 12.7. The number of halogens is 2. The van der Waals surface area contributed by atoms with Crippen LogP contribution in [0, 0.1) is 0 Å². The summed E-state index contributed by atoms with van der Waals surface area (Å²) >= 11 is 6.57. The smallest absolute Gasteiger partial charge is 0.271 e. The van der Waals surface area contributed by atoms with Crippen LogP contribution in [0.1, 0.15) is 15.9 Å². The minimum Gasteiger partial charge on any atom is -0.506 e. The highest BCUT2D eigenvalue weighted by Crippen LogP contribution is 2.33. The van der Waals surface area contributed by atoms with E-state index in [1.54, 1.807) is 24.3 Å². The lowest BCUT2D eigenvalue weighted by Crippen LogP contribution is -2.17. The molecule has 7 heteroatoms. The van der Waals surface area contributed by atoms with Crippen LogP contribution in [-0.2, 0) is 0 Å². The zero-order valence-corrected chi connectivity index (χ0v) is 22.6. The number of amides is 1. The predicted molar refractivity (Wildman–Crippen MR) is 155 cm³/mol. The number of hydrazone groups is 1. The van der Waals surface area contributed by atoms with Crippen molar-refractivity contribution in [2.45, 2.75) is 0 Å². The molecule has 0 aliphatic carbocycles. The van der Waals surface area contributed by atoms with Gasteiger partial charge in [0.1, 0.15) is 5.75 Å². The maximum Gasteiger partial charge on any atom is 0.271 e. The quantitative estimate of drug-likeness (QED) is 0.151. The van der Waals surface area contributed by atoms with E-state index in [4.69, 9.17) is 0 Å². The van der Waals surface area contributed by atoms with Crippen molar-refractivity contribution in [2.75, 3.05) is 0 Å². The molecule has 37 heavy (non-hydrogen) atoms. The number of nitrogens with one attached hydrogen (secondary N) is 1. The molecule has 0 saturated heterocycles. The van der Waals surface area contributed by atoms with Gasteiger partial charge in [0.05, 0.1) is 26.5 Å². The van der Waals surface area contributed by atoms with E-state index >= 15 is 0 Å². The van der Waals surface area contributed by atoms with Crippen molar-refractivity contribution < 1.29 is 9.90 Å². The van der Waals surface area contributed by atoms with Gasteiger partial charge in [-0.2, -0.15) is 5.10 Å². The summed E-state index contributed by atoms with van der Waals surface area (Å²) in [6, 6.07) is 35.6. The van der Waals surface area contributed by atoms with E-state index in [0.29, 0.717) is 20.1 Å². The van der Waals surface area contributed by atoms with Gasteiger partial charge in [0.2, 0.25) is 0 Å². The fourth-order valence-corrected chi connectivity index (χ4v) is 5.26. The van der Waals surface area contributed by atoms with E-state index in [0.717, 1.165) is 28.2 Å². The van der Waals surface area contributed by atoms with Crippen LogP contribution < -0.4 is 5.43 Å². The standard InChI is InChI=1S/C30H21Br2N3O2/c31-25-17-20(18-26(32)29(25)36)19-33-34-30(37)23-11-13-24(14-12-23)35-27(21-7-3-1-4-8-21)15-16-28(35)22-9-5-2-6-10-22/h1-19,36H,(H,34,37)/b33-19+. The van der Waals surface area contributed by atoms with E-state index in [1.165, 1.54) is 6.21 Å². The van der Waals surface area contributed by atoms with Gasteiger partial charge in [-0.25, -0.2) is 5.43 Å². The van der Waals surface area contributed by atoms with Gasteiger partial charge in [0, 0.05) is 11.3 Å². The molecule has 0 fully saturated rings. The van der Waals surface area contributed by atoms with E-state index in [1.807, 2.05) is 48.5 Å². The van der Waals surface area contributed by atoms with Gasteiger partial charge < -0.3 is 9.67 Å². The molecule has 1 amide bonds. The third-order valence-electron chi connectivity index (χ3n) is 5.83. The van der Waals surface area contributed by atoms with E-state index in [9.17, 15) is 9.90 Å². The minimum absolute atomic E-state index is 0.106. The second kappa shape index (κ2) is 11.0. The van der Waals surface area contributed by atoms with Gasteiger partial charge in [0.25, 0.3) is 5.91 Å². The highest BCUT2D eigenvalue weighted by atomic mass is 79.9. The van der Waals surface area contributed by atoms with Gasteiger partial charge in [-0.05, 0) is 97.1 Å². The Bertz CT molecular complexity index is 1500. The molecule has 5 nitrogen and oxygen atoms in total. The Hall–Kier alpha value is -3.94. The average molecular weight is 615 g/mol. The van der Waals surface area contributed by atoms with Gasteiger partial charge in [-0.3, -0.25) is 4.79 Å². The number of rotatable bonds is 6. The van der Waals surface area contributed by atoms with Crippen molar-refractivity contribution in [3.63, 3.8) is 0 Å². The van der Waals surface area contributed by atoms with Crippen LogP contribution in [-0.4, -0.2) is 21.8 Å². The first-order valence-corrected chi connectivity index (χ1v) is 13.0. The molecule has 0 bridgehead atoms. The first-order valence-electron chi connectivity index (χ1n) is 11.5. The van der Waals surface area contributed by atoms with Crippen LogP contribution in [0.15, 0.2) is 123 Å². The summed E-state index contributed by atoms with van der Waals surface area (Å²) in [5, 5.41) is 13.9. The lowest BCUT2D eigenvalue weighted by Gasteiger charge is -2.15. The highest BCUT2D eigenvalue weighted by Gasteiger charge is 2.14. The number of phenols is 1. The molecule has 0 saturated carbocycles. The van der Waals surface area contributed by atoms with Crippen molar-refractivity contribution >= 4 is 44.0 Å². The summed E-state index contributed by atoms with van der Waals surface area (Å²) in [7, 11) is 0. The third-order valence-corrected chi connectivity index (χ3v) is 7.04. The normalized spacial score (nSPS) is 11.1. The zero-order valence-electron chi connectivity index (χ0n) is 19.5. The second-order valence-corrected chi connectivity index (χ2v) is 9.96. The van der Waals surface area contributed by atoms with Gasteiger partial charge >= 0.3 is 0 Å². The fraction of sp³-hybridized carbons (Fsp3) is 0. The van der Waals surface area contributed by atoms with E-state index in [2.05, 4.69) is 83.4 Å². The molecule has 5 aromatic rings. The molecule has 0 aliphatic heterocycles. The summed E-state index contributed by atoms with van der Waals surface area (Å²) in [5.41, 5.74) is 9.04. The molecular formula is C30H21Br2N3O2. The average Bonchev–Trinajstić information content (AvgIpc) is 3.38. The molecular weight excluding hydrogens is 594 g/mol. The molecule has 0 spiro atoms. The van der Waals surface area contributed by atoms with Gasteiger partial charge in [-0.1, -0.05) is 60.7 Å². The van der Waals surface area contributed by atoms with Crippen molar-refractivity contribution in [3.05, 3.63) is 129 Å². The Morgan fingerprint density at radius 2 is 1.27 bits per heavy atom. The first kappa shape index (κ1) is 24.7. The Kier molecular flexibility index (Phi) is 7.35. The molecule has 182 valence electrons. The van der Waals surface area contributed by atoms with Gasteiger partial charge in [0.15, 0.2) is 0 Å². The molecule has 5 rings (SSSR count). The Labute approximate surface area is 231 Å². The van der Waals surface area contributed by atoms with E-state index < -0.39 is 0 Å². The van der Waals surface area contributed by atoms with E-state index in [-0.39, 0.29) is 11.7 Å². The molecule has 2 N–H and O–H groups in total. The van der Waals surface area contributed by atoms with Crippen molar-refractivity contribution in [2.24, 2.45) is 5.10 Å². The van der Waals surface area contributed by atoms with Crippen LogP contribution in [0.5, 0.6) is 5.75 Å². The van der Waals surface area contributed by atoms with Crippen LogP contribution in [0.4, 0.5) is 0 Å². The minimum atomic E-state index is -0.321. The first-order chi connectivity index (χ1) is 18.0. The third kappa shape index (κ3) is 5.43. The molecule has 0 atom stereocenters. The number of aromatic nitrogens is 1. The Morgan fingerprint density at radius 1 is 0.757 bits per heavy atom. The van der Waals surface area contributed by atoms with Crippen molar-refractivity contribution in [3.8, 4) is 34.0 Å². The second-order valence-electron chi connectivity index (χ2n) is 8.25. The topological polar surface area (TPSA) is 66.6 Å². The highest BCUT2D eigenvalue weighted by molar-refractivity contribution is 9.11. The van der Waals surface area contributed by atoms with Crippen molar-refractivity contribution in [1.29, 1.82) is 0 Å². The Balaban J connectivity index is 1.41. The molecule has 4 aromatic carbocycles. The number of nitrogens with zero attached hydrogens (tertiary/aromatic N) is 2. The van der Waals surface area contributed by atoms with Gasteiger partial charge in [-0.15, -0.1) is 0 Å². The molecule has 1 heterocycles. The number of carbonyl (C=O) groups is 1. The van der Waals surface area contributed by atoms with Crippen LogP contribution >= 0.6 is 31.9 Å². The largest absolute Gasteiger partial charge is 0.506 e. The predicted octanol–water partition coefficient (Wildman–Crippen LogP) is 7.81. The summed E-state index contributed by atoms with van der Waals surface area (Å²) in [5.74, 6) is -0.214. The van der Waals surface area contributed by atoms with Crippen LogP contribution in [0.2, 0.25) is 0 Å². The SMILES string of the molecule is O=C(N/N=C/c1cc(Br)c(O)c(Br)c1)c1ccc(-n2c(-c3ccccc3)ccc2-c2ccccc2)cc1. The lowest BCUT2D eigenvalue weighted by molar-refractivity contribution is 0.0955. The number of hydrogen-bond donors (Lipinski definition) is 2. The Morgan fingerprint density at radius 3 is 1.78 bits per heavy atom. The molecule has 0 aliphatic rings.